The van der Waals surface area contributed by atoms with Gasteiger partial charge in [0.15, 0.2) is 0 Å². The predicted octanol–water partition coefficient (Wildman–Crippen LogP) is 2.10. The van der Waals surface area contributed by atoms with Crippen LogP contribution in [0.1, 0.15) is 23.6 Å². The number of hydrogen-bond donors (Lipinski definition) is 3. The summed E-state index contributed by atoms with van der Waals surface area (Å²) < 4.78 is 5.92. The number of hydrazine groups is 2. The summed E-state index contributed by atoms with van der Waals surface area (Å²) in [4.78, 5) is 9.31. The Morgan fingerprint density at radius 2 is 1.85 bits per heavy atom. The molecule has 7 nitrogen and oxygen atoms in total. The molecule has 1 amide bonds. The fourth-order valence-electron chi connectivity index (χ4n) is 2.39. The number of carbonyl (C=O) groups is 1. The Morgan fingerprint density at radius 3 is 2.35 bits per heavy atom. The Hall–Kier alpha value is -2.77. The van der Waals surface area contributed by atoms with Crippen molar-refractivity contribution in [3.8, 4) is 11.5 Å². The zero-order valence-corrected chi connectivity index (χ0v) is 15.8. The van der Waals surface area contributed by atoms with E-state index in [1.165, 1.54) is 12.6 Å². The van der Waals surface area contributed by atoms with Crippen LogP contribution in [0.2, 0.25) is 0 Å². The van der Waals surface area contributed by atoms with Gasteiger partial charge in [0, 0.05) is 19.7 Å². The molecule has 0 saturated carbocycles. The van der Waals surface area contributed by atoms with Crippen LogP contribution >= 0.6 is 0 Å². The molecule has 0 radical (unpaired) electrons. The molecule has 0 unspecified atom stereocenters. The van der Waals surface area contributed by atoms with Gasteiger partial charge in [0.1, 0.15) is 18.1 Å². The second kappa shape index (κ2) is 10.3. The van der Waals surface area contributed by atoms with Crippen LogP contribution in [-0.2, 0) is 17.8 Å². The van der Waals surface area contributed by atoms with Gasteiger partial charge in [-0.15, -0.1) is 0 Å². The first kappa shape index (κ1) is 21.3. The van der Waals surface area contributed by atoms with E-state index in [4.69, 9.17) is 16.4 Å². The maximum Gasteiger partial charge on any atom is 0.223 e. The van der Waals surface area contributed by atoms with Gasteiger partial charge in [-0.1, -0.05) is 19.1 Å². The van der Waals surface area contributed by atoms with E-state index in [-0.39, 0.29) is 5.75 Å². The Labute approximate surface area is 154 Å². The summed E-state index contributed by atoms with van der Waals surface area (Å²) in [6.45, 7) is 4.48. The van der Waals surface area contributed by atoms with Crippen molar-refractivity contribution in [1.82, 2.24) is 5.01 Å². The molecule has 26 heavy (non-hydrogen) atoms. The number of aryl methyl sites for hydroxylation is 2. The number of phenolic OH excluding ortho intramolecular Hbond substituents is 1. The average molecular weight is 360 g/mol. The van der Waals surface area contributed by atoms with Gasteiger partial charge in [-0.25, -0.2) is 11.7 Å². The van der Waals surface area contributed by atoms with E-state index in [1.807, 2.05) is 26.1 Å². The van der Waals surface area contributed by atoms with E-state index >= 15 is 0 Å². The molecule has 0 atom stereocenters. The number of carbonyl (C=O) groups excluding carboxylic acids is 1. The van der Waals surface area contributed by atoms with Gasteiger partial charge in [-0.2, -0.15) is 0 Å². The number of phenols is 1. The van der Waals surface area contributed by atoms with E-state index in [9.17, 15) is 9.90 Å². The highest BCUT2D eigenvalue weighted by molar-refractivity contribution is 5.55. The first-order valence-electron chi connectivity index (χ1n) is 8.24. The van der Waals surface area contributed by atoms with Crippen molar-refractivity contribution in [3.05, 3.63) is 53.1 Å². The fourth-order valence-corrected chi connectivity index (χ4v) is 2.39. The summed E-state index contributed by atoms with van der Waals surface area (Å²) in [6.07, 6.45) is 1.45. The van der Waals surface area contributed by atoms with Crippen molar-refractivity contribution in [1.29, 1.82) is 0 Å². The minimum absolute atomic E-state index is 0.246. The second-order valence-electron chi connectivity index (χ2n) is 5.89. The van der Waals surface area contributed by atoms with Crippen molar-refractivity contribution < 1.29 is 14.6 Å². The topological polar surface area (TPSA) is 105 Å². The molecule has 0 aromatic heterocycles. The number of nitrogens with two attached hydrogens (primary N) is 2. The summed E-state index contributed by atoms with van der Waals surface area (Å²) in [5, 5.41) is 12.0. The smallest absolute Gasteiger partial charge is 0.223 e. The van der Waals surface area contributed by atoms with Gasteiger partial charge in [0.05, 0.1) is 5.69 Å². The molecule has 0 bridgehead atoms. The number of amides is 1. The van der Waals surface area contributed by atoms with Crippen molar-refractivity contribution in [2.45, 2.75) is 26.9 Å². The number of ether oxygens (including phenoxy) is 1. The fraction of sp³-hybridized carbons (Fsp3) is 0.316. The van der Waals surface area contributed by atoms with Gasteiger partial charge in [0.2, 0.25) is 6.41 Å². The van der Waals surface area contributed by atoms with Gasteiger partial charge >= 0.3 is 0 Å². The molecular weight excluding hydrogens is 332 g/mol. The lowest BCUT2D eigenvalue weighted by Crippen LogP contribution is -2.27. The number of nitrogens with zero attached hydrogens (tertiary/aromatic N) is 2. The number of rotatable bonds is 6. The molecule has 0 saturated heterocycles. The standard InChI is InChI=1S/C17H22N2O2.C2H6N2O/c1-4-13-6-5-7-16(19(3)18)15(13)11-21-17-9-8-14(20)10-12(17)2;1-4(3)2-5/h5-10,20H,4,11,18H2,1-3H3;2H,3H2,1H3. The van der Waals surface area contributed by atoms with Gasteiger partial charge in [-0.05, 0) is 48.7 Å². The minimum Gasteiger partial charge on any atom is -0.508 e. The molecule has 0 aliphatic rings. The molecule has 142 valence electrons. The molecule has 5 N–H and O–H groups in total. The SMILES string of the molecule is CCc1cccc(N(C)N)c1COc1ccc(O)cc1C.CN(N)C=O. The zero-order valence-electron chi connectivity index (χ0n) is 15.8. The molecule has 2 rings (SSSR count). The minimum atomic E-state index is 0.246. The van der Waals surface area contributed by atoms with Crippen LogP contribution in [0.25, 0.3) is 0 Å². The van der Waals surface area contributed by atoms with Crippen LogP contribution in [0.4, 0.5) is 5.69 Å². The maximum absolute atomic E-state index is 9.44. The molecule has 7 heteroatoms. The van der Waals surface area contributed by atoms with Crippen LogP contribution in [0.15, 0.2) is 36.4 Å². The van der Waals surface area contributed by atoms with Gasteiger partial charge in [-0.3, -0.25) is 9.80 Å². The third-order valence-corrected chi connectivity index (χ3v) is 3.71. The number of aromatic hydroxyl groups is 1. The number of anilines is 1. The first-order chi connectivity index (χ1) is 12.3. The maximum atomic E-state index is 9.44. The van der Waals surface area contributed by atoms with Gasteiger partial charge < -0.3 is 14.9 Å². The lowest BCUT2D eigenvalue weighted by Gasteiger charge is -2.20. The Balaban J connectivity index is 0.000000597. The van der Waals surface area contributed by atoms with Crippen LogP contribution in [0, 0.1) is 6.92 Å². The first-order valence-corrected chi connectivity index (χ1v) is 8.24. The summed E-state index contributed by atoms with van der Waals surface area (Å²) in [5.41, 5.74) is 4.19. The molecule has 0 heterocycles. The highest BCUT2D eigenvalue weighted by Crippen LogP contribution is 2.27. The number of benzene rings is 2. The molecule has 0 spiro atoms. The summed E-state index contributed by atoms with van der Waals surface area (Å²) >= 11 is 0. The average Bonchev–Trinajstić information content (AvgIpc) is 2.61. The second-order valence-corrected chi connectivity index (χ2v) is 5.89. The van der Waals surface area contributed by atoms with Crippen LogP contribution < -0.4 is 21.4 Å². The van der Waals surface area contributed by atoms with Gasteiger partial charge in [0.25, 0.3) is 0 Å². The molecule has 0 fully saturated rings. The lowest BCUT2D eigenvalue weighted by atomic mass is 10.0. The van der Waals surface area contributed by atoms with Crippen molar-refractivity contribution >= 4 is 12.1 Å². The summed E-state index contributed by atoms with van der Waals surface area (Å²) in [5.74, 6) is 11.7. The quantitative estimate of drug-likeness (QED) is 0.315. The molecular formula is C19H28N4O3. The molecule has 0 aliphatic heterocycles. The van der Waals surface area contributed by atoms with Crippen molar-refractivity contribution in [2.75, 3.05) is 19.1 Å². The Kier molecular flexibility index (Phi) is 8.41. The molecule has 2 aromatic rings. The normalized spacial score (nSPS) is 9.77. The molecule has 0 aliphatic carbocycles. The monoisotopic (exact) mass is 360 g/mol. The van der Waals surface area contributed by atoms with E-state index in [0.29, 0.717) is 13.0 Å². The third-order valence-electron chi connectivity index (χ3n) is 3.71. The van der Waals surface area contributed by atoms with E-state index in [1.54, 1.807) is 23.2 Å². The largest absolute Gasteiger partial charge is 0.508 e. The highest BCUT2D eigenvalue weighted by atomic mass is 16.5. The van der Waals surface area contributed by atoms with E-state index in [0.717, 1.165) is 34.0 Å². The Bertz CT molecular complexity index is 718. The van der Waals surface area contributed by atoms with Crippen molar-refractivity contribution in [2.24, 2.45) is 11.7 Å². The molecule has 2 aromatic carbocycles. The zero-order chi connectivity index (χ0) is 19.7. The van der Waals surface area contributed by atoms with E-state index < -0.39 is 0 Å². The number of hydrogen-bond acceptors (Lipinski definition) is 6. The Morgan fingerprint density at radius 1 is 1.19 bits per heavy atom. The lowest BCUT2D eigenvalue weighted by molar-refractivity contribution is -0.117. The summed E-state index contributed by atoms with van der Waals surface area (Å²) in [6, 6.07) is 11.2. The third kappa shape index (κ3) is 6.27. The van der Waals surface area contributed by atoms with E-state index in [2.05, 4.69) is 13.0 Å². The van der Waals surface area contributed by atoms with Crippen LogP contribution in [-0.4, -0.2) is 30.6 Å². The summed E-state index contributed by atoms with van der Waals surface area (Å²) in [7, 11) is 3.29. The highest BCUT2D eigenvalue weighted by Gasteiger charge is 2.11. The van der Waals surface area contributed by atoms with Crippen LogP contribution in [0.5, 0.6) is 11.5 Å². The van der Waals surface area contributed by atoms with Crippen molar-refractivity contribution in [3.63, 3.8) is 0 Å². The predicted molar refractivity (Wildman–Crippen MR) is 104 cm³/mol. The van der Waals surface area contributed by atoms with Crippen LogP contribution in [0.3, 0.4) is 0 Å².